The van der Waals surface area contributed by atoms with E-state index >= 15 is 0 Å². The van der Waals surface area contributed by atoms with Gasteiger partial charge in [-0.25, -0.2) is 0 Å². The molecule has 21 heavy (non-hydrogen) atoms. The molecule has 0 radical (unpaired) electrons. The number of rotatable bonds is 5. The molecule has 1 fully saturated rings. The van der Waals surface area contributed by atoms with Gasteiger partial charge in [-0.3, -0.25) is 0 Å². The van der Waals surface area contributed by atoms with Gasteiger partial charge >= 0.3 is 0 Å². The monoisotopic (exact) mass is 364 g/mol. The van der Waals surface area contributed by atoms with Gasteiger partial charge in [0, 0.05) is 27.3 Å². The number of fused-ring (bicyclic) bond motifs is 1. The highest BCUT2D eigenvalue weighted by Gasteiger charge is 2.46. The molecule has 1 N–H and O–H groups in total. The molecule has 2 aliphatic carbocycles. The third-order valence-electron chi connectivity index (χ3n) is 5.02. The van der Waals surface area contributed by atoms with Crippen molar-refractivity contribution in [1.29, 1.82) is 0 Å². The largest absolute Gasteiger partial charge is 0.388 e. The first-order valence-corrected chi connectivity index (χ1v) is 9.30. The van der Waals surface area contributed by atoms with E-state index in [1.807, 2.05) is 23.9 Å². The highest BCUT2D eigenvalue weighted by Crippen LogP contribution is 2.50. The van der Waals surface area contributed by atoms with Crippen LogP contribution in [0.1, 0.15) is 29.2 Å². The van der Waals surface area contributed by atoms with Gasteiger partial charge in [-0.2, -0.15) is 11.8 Å². The number of thioether (sulfide) groups is 1. The van der Waals surface area contributed by atoms with E-state index in [-0.39, 0.29) is 11.8 Å². The van der Waals surface area contributed by atoms with Gasteiger partial charge in [-0.15, -0.1) is 13.2 Å². The van der Waals surface area contributed by atoms with Gasteiger partial charge in [-0.1, -0.05) is 34.1 Å². The van der Waals surface area contributed by atoms with Crippen LogP contribution >= 0.6 is 27.7 Å². The second-order valence-electron chi connectivity index (χ2n) is 6.10. The maximum Gasteiger partial charge on any atom is 0.0862 e. The molecule has 1 aromatic carbocycles. The van der Waals surface area contributed by atoms with Crippen molar-refractivity contribution < 1.29 is 5.11 Å². The SMILES string of the molecule is C=C[C@@H]1CC[C@@H](C=C)C1(O)CSC1Cc2ccc(Br)cc21. The van der Waals surface area contributed by atoms with Gasteiger partial charge in [0.1, 0.15) is 0 Å². The van der Waals surface area contributed by atoms with Crippen molar-refractivity contribution in [3.05, 3.63) is 59.1 Å². The molecule has 1 aromatic rings. The van der Waals surface area contributed by atoms with Gasteiger partial charge in [-0.05, 0) is 42.5 Å². The summed E-state index contributed by atoms with van der Waals surface area (Å²) in [7, 11) is 0. The Balaban J connectivity index is 1.70. The van der Waals surface area contributed by atoms with E-state index < -0.39 is 5.60 Å². The van der Waals surface area contributed by atoms with E-state index in [0.29, 0.717) is 5.25 Å². The van der Waals surface area contributed by atoms with Crippen molar-refractivity contribution in [1.82, 2.24) is 0 Å². The standard InChI is InChI=1S/C18H21BrOS/c1-3-13-6-7-14(4-2)18(13,20)11-21-17-9-12-5-8-15(19)10-16(12)17/h3-5,8,10,13-14,17,20H,1-2,6-7,9,11H2/t13-,14-,17?/m1/s1. The average Bonchev–Trinajstić information content (AvgIpc) is 2.78. The molecule has 1 nitrogen and oxygen atoms in total. The third kappa shape index (κ3) is 2.64. The Morgan fingerprint density at radius 2 is 1.95 bits per heavy atom. The smallest absolute Gasteiger partial charge is 0.0862 e. The molecule has 1 unspecified atom stereocenters. The normalized spacial score (nSPS) is 29.5. The summed E-state index contributed by atoms with van der Waals surface area (Å²) in [6.07, 6.45) is 7.00. The molecule has 3 rings (SSSR count). The third-order valence-corrected chi connectivity index (χ3v) is 6.96. The fourth-order valence-electron chi connectivity index (χ4n) is 3.60. The zero-order valence-electron chi connectivity index (χ0n) is 12.1. The Hall–Kier alpha value is -0.510. The summed E-state index contributed by atoms with van der Waals surface area (Å²) in [5.74, 6) is 1.14. The molecule has 0 amide bonds. The van der Waals surface area contributed by atoms with Crippen molar-refractivity contribution in [2.24, 2.45) is 11.8 Å². The predicted octanol–water partition coefficient (Wildman–Crippen LogP) is 4.91. The molecular weight excluding hydrogens is 344 g/mol. The summed E-state index contributed by atoms with van der Waals surface area (Å²) in [5.41, 5.74) is 2.19. The molecule has 112 valence electrons. The van der Waals surface area contributed by atoms with Crippen LogP contribution in [0, 0.1) is 11.8 Å². The zero-order valence-corrected chi connectivity index (χ0v) is 14.5. The molecular formula is C18H21BrOS. The Labute approximate surface area is 139 Å². The highest BCUT2D eigenvalue weighted by atomic mass is 79.9. The lowest BCUT2D eigenvalue weighted by Crippen LogP contribution is -2.41. The summed E-state index contributed by atoms with van der Waals surface area (Å²) in [4.78, 5) is 0. The Bertz CT molecular complexity index is 552. The van der Waals surface area contributed by atoms with E-state index in [0.717, 1.165) is 29.5 Å². The summed E-state index contributed by atoms with van der Waals surface area (Å²) in [6, 6.07) is 6.51. The van der Waals surface area contributed by atoms with Gasteiger partial charge < -0.3 is 5.11 Å². The molecule has 3 heteroatoms. The highest BCUT2D eigenvalue weighted by molar-refractivity contribution is 9.10. The quantitative estimate of drug-likeness (QED) is 0.749. The van der Waals surface area contributed by atoms with Gasteiger partial charge in [0.05, 0.1) is 5.60 Å². The fraction of sp³-hybridized carbons (Fsp3) is 0.444. The minimum absolute atomic E-state index is 0.190. The van der Waals surface area contributed by atoms with E-state index in [4.69, 9.17) is 0 Å². The van der Waals surface area contributed by atoms with E-state index in [1.54, 1.807) is 0 Å². The number of hydrogen-bond donors (Lipinski definition) is 1. The van der Waals surface area contributed by atoms with Crippen LogP contribution in [-0.2, 0) is 6.42 Å². The molecule has 3 atom stereocenters. The Morgan fingerprint density at radius 1 is 1.29 bits per heavy atom. The van der Waals surface area contributed by atoms with Crippen LogP contribution in [0.25, 0.3) is 0 Å². The minimum Gasteiger partial charge on any atom is -0.388 e. The lowest BCUT2D eigenvalue weighted by Gasteiger charge is -2.36. The van der Waals surface area contributed by atoms with E-state index in [2.05, 4.69) is 47.3 Å². The lowest BCUT2D eigenvalue weighted by molar-refractivity contribution is 0.0171. The maximum atomic E-state index is 11.1. The molecule has 1 saturated carbocycles. The number of hydrogen-bond acceptors (Lipinski definition) is 2. The molecule has 0 saturated heterocycles. The van der Waals surface area contributed by atoms with E-state index in [1.165, 1.54) is 11.1 Å². The van der Waals surface area contributed by atoms with Crippen molar-refractivity contribution in [3.8, 4) is 0 Å². The number of halogens is 1. The Kier molecular flexibility index (Phi) is 4.35. The average molecular weight is 365 g/mol. The Morgan fingerprint density at radius 3 is 2.57 bits per heavy atom. The number of benzene rings is 1. The molecule has 0 spiro atoms. The van der Waals surface area contributed by atoms with Gasteiger partial charge in [0.15, 0.2) is 0 Å². The van der Waals surface area contributed by atoms with Gasteiger partial charge in [0.2, 0.25) is 0 Å². The first kappa shape index (κ1) is 15.4. The fourth-order valence-corrected chi connectivity index (χ4v) is 5.58. The molecule has 0 aliphatic heterocycles. The van der Waals surface area contributed by atoms with Crippen LogP contribution < -0.4 is 0 Å². The summed E-state index contributed by atoms with van der Waals surface area (Å²) in [5, 5.41) is 11.6. The first-order valence-electron chi connectivity index (χ1n) is 7.46. The van der Waals surface area contributed by atoms with Crippen molar-refractivity contribution in [3.63, 3.8) is 0 Å². The lowest BCUT2D eigenvalue weighted by atomic mass is 9.86. The first-order chi connectivity index (χ1) is 10.1. The van der Waals surface area contributed by atoms with E-state index in [9.17, 15) is 5.11 Å². The van der Waals surface area contributed by atoms with Gasteiger partial charge in [0.25, 0.3) is 0 Å². The second-order valence-corrected chi connectivity index (χ2v) is 8.21. The van der Waals surface area contributed by atoms with Crippen LogP contribution in [0.4, 0.5) is 0 Å². The molecule has 2 aliphatic rings. The second kappa shape index (κ2) is 5.94. The zero-order chi connectivity index (χ0) is 15.0. The van der Waals surface area contributed by atoms with Crippen LogP contribution in [-0.4, -0.2) is 16.5 Å². The van der Waals surface area contributed by atoms with Crippen molar-refractivity contribution >= 4 is 27.7 Å². The van der Waals surface area contributed by atoms with Crippen LogP contribution in [0.2, 0.25) is 0 Å². The van der Waals surface area contributed by atoms with Crippen LogP contribution in [0.15, 0.2) is 48.0 Å². The summed E-state index contributed by atoms with van der Waals surface area (Å²) >= 11 is 5.42. The van der Waals surface area contributed by atoms with Crippen molar-refractivity contribution in [2.45, 2.75) is 30.1 Å². The van der Waals surface area contributed by atoms with Crippen LogP contribution in [0.5, 0.6) is 0 Å². The topological polar surface area (TPSA) is 20.2 Å². The molecule has 0 aromatic heterocycles. The summed E-state index contributed by atoms with van der Waals surface area (Å²) < 4.78 is 1.14. The predicted molar refractivity (Wildman–Crippen MR) is 94.6 cm³/mol. The van der Waals surface area contributed by atoms with Crippen LogP contribution in [0.3, 0.4) is 0 Å². The van der Waals surface area contributed by atoms with Crippen molar-refractivity contribution in [2.75, 3.05) is 5.75 Å². The number of aliphatic hydroxyl groups is 1. The maximum absolute atomic E-state index is 11.1. The molecule has 0 heterocycles. The minimum atomic E-state index is -0.671. The molecule has 0 bridgehead atoms. The summed E-state index contributed by atoms with van der Waals surface area (Å²) in [6.45, 7) is 7.81.